The summed E-state index contributed by atoms with van der Waals surface area (Å²) < 4.78 is 0. The topological polar surface area (TPSA) is 24.9 Å². The molecule has 1 aliphatic rings. The van der Waals surface area contributed by atoms with Crippen LogP contribution in [0.3, 0.4) is 0 Å². The Morgan fingerprint density at radius 3 is 2.94 bits per heavy atom. The van der Waals surface area contributed by atoms with E-state index in [4.69, 9.17) is 0 Å². The van der Waals surface area contributed by atoms with Crippen LogP contribution in [-0.4, -0.2) is 4.98 Å². The standard InChI is InChI=1S/C15H18N2S/c1-11(12-5-7-16-8-6-12)17-10-14-9-13-3-2-4-15(13)18-14/h5-9,11,17H,2-4,10H2,1H3. The molecule has 0 fully saturated rings. The van der Waals surface area contributed by atoms with E-state index in [9.17, 15) is 0 Å². The molecule has 0 saturated carbocycles. The Balaban J connectivity index is 1.60. The molecule has 1 atom stereocenters. The van der Waals surface area contributed by atoms with Crippen LogP contribution < -0.4 is 5.32 Å². The Morgan fingerprint density at radius 2 is 2.17 bits per heavy atom. The van der Waals surface area contributed by atoms with E-state index in [1.807, 2.05) is 23.7 Å². The van der Waals surface area contributed by atoms with Gasteiger partial charge >= 0.3 is 0 Å². The van der Waals surface area contributed by atoms with E-state index < -0.39 is 0 Å². The summed E-state index contributed by atoms with van der Waals surface area (Å²) in [5, 5.41) is 3.59. The molecule has 0 amide bonds. The van der Waals surface area contributed by atoms with Gasteiger partial charge in [0.05, 0.1) is 0 Å². The van der Waals surface area contributed by atoms with Gasteiger partial charge in [0.25, 0.3) is 0 Å². The van der Waals surface area contributed by atoms with Crippen molar-refractivity contribution in [3.8, 4) is 0 Å². The minimum absolute atomic E-state index is 0.380. The molecule has 2 nitrogen and oxygen atoms in total. The molecule has 0 radical (unpaired) electrons. The molecular weight excluding hydrogens is 240 g/mol. The van der Waals surface area contributed by atoms with E-state index in [0.29, 0.717) is 6.04 Å². The molecule has 1 unspecified atom stereocenters. The van der Waals surface area contributed by atoms with Gasteiger partial charge in [0, 0.05) is 34.7 Å². The average molecular weight is 258 g/mol. The summed E-state index contributed by atoms with van der Waals surface area (Å²) in [7, 11) is 0. The van der Waals surface area contributed by atoms with Crippen LogP contribution >= 0.6 is 11.3 Å². The fourth-order valence-electron chi connectivity index (χ4n) is 2.50. The normalized spacial score (nSPS) is 15.6. The van der Waals surface area contributed by atoms with Crippen LogP contribution in [0.5, 0.6) is 0 Å². The van der Waals surface area contributed by atoms with E-state index >= 15 is 0 Å². The second kappa shape index (κ2) is 5.21. The number of hydrogen-bond donors (Lipinski definition) is 1. The van der Waals surface area contributed by atoms with Crippen molar-refractivity contribution in [3.63, 3.8) is 0 Å². The van der Waals surface area contributed by atoms with Crippen LogP contribution in [0, 0.1) is 0 Å². The number of nitrogens with one attached hydrogen (secondary N) is 1. The van der Waals surface area contributed by atoms with Crippen molar-refractivity contribution in [3.05, 3.63) is 51.5 Å². The number of thiophene rings is 1. The highest BCUT2D eigenvalue weighted by Crippen LogP contribution is 2.30. The van der Waals surface area contributed by atoms with Crippen molar-refractivity contribution in [2.45, 2.75) is 38.8 Å². The first-order chi connectivity index (χ1) is 8.83. The van der Waals surface area contributed by atoms with Crippen molar-refractivity contribution in [1.82, 2.24) is 10.3 Å². The van der Waals surface area contributed by atoms with Gasteiger partial charge in [0.2, 0.25) is 0 Å². The van der Waals surface area contributed by atoms with E-state index in [-0.39, 0.29) is 0 Å². The van der Waals surface area contributed by atoms with E-state index in [0.717, 1.165) is 6.54 Å². The molecule has 0 saturated heterocycles. The molecule has 3 heteroatoms. The lowest BCUT2D eigenvalue weighted by molar-refractivity contribution is 0.578. The average Bonchev–Trinajstić information content (AvgIpc) is 2.97. The molecule has 94 valence electrons. The molecule has 2 aromatic rings. The van der Waals surface area contributed by atoms with Gasteiger partial charge in [-0.3, -0.25) is 4.98 Å². The zero-order valence-corrected chi connectivity index (χ0v) is 11.5. The fraction of sp³-hybridized carbons (Fsp3) is 0.400. The van der Waals surface area contributed by atoms with Gasteiger partial charge in [-0.2, -0.15) is 0 Å². The molecule has 2 aromatic heterocycles. The fourth-order valence-corrected chi connectivity index (χ4v) is 3.71. The zero-order chi connectivity index (χ0) is 12.4. The predicted molar refractivity (Wildman–Crippen MR) is 75.8 cm³/mol. The highest BCUT2D eigenvalue weighted by molar-refractivity contribution is 7.12. The Labute approximate surface area is 112 Å². The van der Waals surface area contributed by atoms with Gasteiger partial charge in [-0.1, -0.05) is 0 Å². The molecule has 0 spiro atoms. The number of pyridine rings is 1. The minimum Gasteiger partial charge on any atom is -0.305 e. The van der Waals surface area contributed by atoms with Crippen LogP contribution in [0.4, 0.5) is 0 Å². The highest BCUT2D eigenvalue weighted by atomic mass is 32.1. The van der Waals surface area contributed by atoms with E-state index in [1.54, 1.807) is 10.4 Å². The number of nitrogens with zero attached hydrogens (tertiary/aromatic N) is 1. The van der Waals surface area contributed by atoms with Crippen molar-refractivity contribution >= 4 is 11.3 Å². The Morgan fingerprint density at radius 1 is 1.33 bits per heavy atom. The first-order valence-corrected chi connectivity index (χ1v) is 7.38. The van der Waals surface area contributed by atoms with Gasteiger partial charge in [0.1, 0.15) is 0 Å². The van der Waals surface area contributed by atoms with E-state index in [2.05, 4.69) is 35.4 Å². The first kappa shape index (κ1) is 11.9. The van der Waals surface area contributed by atoms with Gasteiger partial charge in [-0.05, 0) is 55.5 Å². The largest absolute Gasteiger partial charge is 0.305 e. The van der Waals surface area contributed by atoms with Crippen LogP contribution in [0.15, 0.2) is 30.6 Å². The van der Waals surface area contributed by atoms with Crippen molar-refractivity contribution < 1.29 is 0 Å². The third kappa shape index (κ3) is 2.47. The van der Waals surface area contributed by atoms with E-state index in [1.165, 1.54) is 29.7 Å². The van der Waals surface area contributed by atoms with Crippen molar-refractivity contribution in [2.24, 2.45) is 0 Å². The van der Waals surface area contributed by atoms with Gasteiger partial charge in [-0.25, -0.2) is 0 Å². The SMILES string of the molecule is CC(NCc1cc2c(s1)CCC2)c1ccncc1. The Bertz CT molecular complexity index is 497. The lowest BCUT2D eigenvalue weighted by Gasteiger charge is -2.13. The van der Waals surface area contributed by atoms with Crippen LogP contribution in [0.1, 0.15) is 40.3 Å². The summed E-state index contributed by atoms with van der Waals surface area (Å²) >= 11 is 1.98. The van der Waals surface area contributed by atoms with Crippen molar-refractivity contribution in [2.75, 3.05) is 0 Å². The maximum absolute atomic E-state index is 4.05. The van der Waals surface area contributed by atoms with Crippen molar-refractivity contribution in [1.29, 1.82) is 0 Å². The minimum atomic E-state index is 0.380. The molecule has 0 bridgehead atoms. The zero-order valence-electron chi connectivity index (χ0n) is 10.6. The molecule has 1 N–H and O–H groups in total. The second-order valence-electron chi connectivity index (χ2n) is 4.90. The highest BCUT2D eigenvalue weighted by Gasteiger charge is 2.15. The van der Waals surface area contributed by atoms with Crippen LogP contribution in [0.25, 0.3) is 0 Å². The maximum Gasteiger partial charge on any atom is 0.0305 e. The third-order valence-electron chi connectivity index (χ3n) is 3.59. The van der Waals surface area contributed by atoms with Gasteiger partial charge in [-0.15, -0.1) is 11.3 Å². The van der Waals surface area contributed by atoms with Gasteiger partial charge < -0.3 is 5.32 Å². The molecule has 0 aromatic carbocycles. The first-order valence-electron chi connectivity index (χ1n) is 6.56. The summed E-state index contributed by atoms with van der Waals surface area (Å²) in [4.78, 5) is 7.14. The summed E-state index contributed by atoms with van der Waals surface area (Å²) in [6, 6.07) is 6.92. The summed E-state index contributed by atoms with van der Waals surface area (Å²) in [5.74, 6) is 0. The molecule has 1 aliphatic carbocycles. The predicted octanol–water partition coefficient (Wildman–Crippen LogP) is 3.48. The molecular formula is C15H18N2S. The second-order valence-corrected chi connectivity index (χ2v) is 6.12. The van der Waals surface area contributed by atoms with Crippen LogP contribution in [-0.2, 0) is 19.4 Å². The Kier molecular flexibility index (Phi) is 3.43. The van der Waals surface area contributed by atoms with Gasteiger partial charge in [0.15, 0.2) is 0 Å². The summed E-state index contributed by atoms with van der Waals surface area (Å²) in [6.45, 7) is 3.18. The Hall–Kier alpha value is -1.19. The summed E-state index contributed by atoms with van der Waals surface area (Å²) in [5.41, 5.74) is 2.89. The molecule has 18 heavy (non-hydrogen) atoms. The number of aryl methyl sites for hydroxylation is 2. The number of aromatic nitrogens is 1. The molecule has 3 rings (SSSR count). The maximum atomic E-state index is 4.05. The smallest absolute Gasteiger partial charge is 0.0305 e. The lowest BCUT2D eigenvalue weighted by atomic mass is 10.1. The summed E-state index contributed by atoms with van der Waals surface area (Å²) in [6.07, 6.45) is 7.63. The number of fused-ring (bicyclic) bond motifs is 1. The molecule has 0 aliphatic heterocycles. The number of hydrogen-bond acceptors (Lipinski definition) is 3. The number of rotatable bonds is 4. The van der Waals surface area contributed by atoms with Crippen LogP contribution in [0.2, 0.25) is 0 Å². The molecule has 2 heterocycles. The lowest BCUT2D eigenvalue weighted by Crippen LogP contribution is -2.17. The third-order valence-corrected chi connectivity index (χ3v) is 4.82. The quantitative estimate of drug-likeness (QED) is 0.908. The monoisotopic (exact) mass is 258 g/mol.